The van der Waals surface area contributed by atoms with Crippen LogP contribution in [0.3, 0.4) is 0 Å². The van der Waals surface area contributed by atoms with Gasteiger partial charge in [0, 0.05) is 10.8 Å². The van der Waals surface area contributed by atoms with Gasteiger partial charge in [-0.15, -0.1) is 0 Å². The van der Waals surface area contributed by atoms with Crippen molar-refractivity contribution < 1.29 is 18.1 Å². The highest BCUT2D eigenvalue weighted by molar-refractivity contribution is 7.86. The Bertz CT molecular complexity index is 622. The Balaban J connectivity index is 0.00000128. The standard InChI is InChI=1S/C10H8O4S.H3N/c11-9-5-6-10(15(12,13)14)8-4-2-1-3-7(8)9;/h1-6,11H,(H,12,13,14);1H3. The van der Waals surface area contributed by atoms with Crippen LogP contribution in [-0.4, -0.2) is 18.1 Å². The zero-order valence-corrected chi connectivity index (χ0v) is 9.11. The monoisotopic (exact) mass is 241 g/mol. The fourth-order valence-corrected chi connectivity index (χ4v) is 2.18. The fraction of sp³-hybridized carbons (Fsp3) is 0. The number of fused-ring (bicyclic) bond motifs is 1. The first-order valence-corrected chi connectivity index (χ1v) is 5.62. The quantitative estimate of drug-likeness (QED) is 0.661. The molecule has 0 radical (unpaired) electrons. The highest BCUT2D eigenvalue weighted by Crippen LogP contribution is 2.29. The molecule has 0 unspecified atom stereocenters. The third-order valence-corrected chi connectivity index (χ3v) is 3.05. The van der Waals surface area contributed by atoms with E-state index >= 15 is 0 Å². The smallest absolute Gasteiger partial charge is 0.295 e. The van der Waals surface area contributed by atoms with Gasteiger partial charge in [0.25, 0.3) is 10.1 Å². The van der Waals surface area contributed by atoms with E-state index in [1.165, 1.54) is 18.2 Å². The number of benzene rings is 2. The minimum absolute atomic E-state index is 0. The Kier molecular flexibility index (Phi) is 3.18. The van der Waals surface area contributed by atoms with Crippen molar-refractivity contribution in [1.29, 1.82) is 0 Å². The van der Waals surface area contributed by atoms with Crippen LogP contribution in [0.15, 0.2) is 41.3 Å². The maximum absolute atomic E-state index is 11.0. The van der Waals surface area contributed by atoms with E-state index in [0.29, 0.717) is 10.8 Å². The van der Waals surface area contributed by atoms with Gasteiger partial charge in [0.15, 0.2) is 0 Å². The van der Waals surface area contributed by atoms with Crippen molar-refractivity contribution in [3.8, 4) is 5.75 Å². The summed E-state index contributed by atoms with van der Waals surface area (Å²) in [5.41, 5.74) is 0. The lowest BCUT2D eigenvalue weighted by molar-refractivity contribution is 0.479. The van der Waals surface area contributed by atoms with Crippen molar-refractivity contribution in [3.63, 3.8) is 0 Å². The molecule has 0 aliphatic carbocycles. The lowest BCUT2D eigenvalue weighted by Gasteiger charge is -2.04. The molecule has 2 aromatic carbocycles. The maximum atomic E-state index is 11.0. The summed E-state index contributed by atoms with van der Waals surface area (Å²) in [4.78, 5) is -0.198. The molecule has 0 saturated heterocycles. The van der Waals surface area contributed by atoms with Gasteiger partial charge in [-0.05, 0) is 12.1 Å². The molecule has 0 bridgehead atoms. The molecule has 6 heteroatoms. The van der Waals surface area contributed by atoms with Gasteiger partial charge < -0.3 is 11.3 Å². The second kappa shape index (κ2) is 4.09. The molecule has 0 fully saturated rings. The van der Waals surface area contributed by atoms with Crippen LogP contribution >= 0.6 is 0 Å². The van der Waals surface area contributed by atoms with Gasteiger partial charge in [-0.1, -0.05) is 24.3 Å². The summed E-state index contributed by atoms with van der Waals surface area (Å²) in [6.45, 7) is 0. The van der Waals surface area contributed by atoms with E-state index in [-0.39, 0.29) is 16.8 Å². The van der Waals surface area contributed by atoms with Gasteiger partial charge in [-0.25, -0.2) is 0 Å². The third-order valence-electron chi connectivity index (χ3n) is 2.14. The minimum atomic E-state index is -4.26. The van der Waals surface area contributed by atoms with E-state index in [2.05, 4.69) is 0 Å². The van der Waals surface area contributed by atoms with Crippen LogP contribution < -0.4 is 6.15 Å². The van der Waals surface area contributed by atoms with Gasteiger partial charge in [-0.3, -0.25) is 4.55 Å². The molecule has 86 valence electrons. The largest absolute Gasteiger partial charge is 0.507 e. The Morgan fingerprint density at radius 2 is 1.50 bits per heavy atom. The molecule has 0 heterocycles. The summed E-state index contributed by atoms with van der Waals surface area (Å²) < 4.78 is 31.0. The van der Waals surface area contributed by atoms with E-state index in [0.717, 1.165) is 0 Å². The average molecular weight is 241 g/mol. The predicted molar refractivity (Wildman–Crippen MR) is 60.4 cm³/mol. The van der Waals surface area contributed by atoms with Crippen molar-refractivity contribution in [1.82, 2.24) is 6.15 Å². The van der Waals surface area contributed by atoms with Gasteiger partial charge in [0.2, 0.25) is 0 Å². The molecular formula is C10H11NO4S. The molecular weight excluding hydrogens is 230 g/mol. The SMILES string of the molecule is N.O=S(=O)(O)c1ccc(O)c2ccccc12. The van der Waals surface area contributed by atoms with E-state index in [1.807, 2.05) is 0 Å². The molecule has 0 aromatic heterocycles. The summed E-state index contributed by atoms with van der Waals surface area (Å²) in [6.07, 6.45) is 0. The highest BCUT2D eigenvalue weighted by Gasteiger charge is 2.14. The molecule has 0 spiro atoms. The zero-order chi connectivity index (χ0) is 11.1. The number of hydrogen-bond acceptors (Lipinski definition) is 4. The Hall–Kier alpha value is -1.63. The van der Waals surface area contributed by atoms with Crippen molar-refractivity contribution in [3.05, 3.63) is 36.4 Å². The van der Waals surface area contributed by atoms with E-state index < -0.39 is 10.1 Å². The second-order valence-corrected chi connectivity index (χ2v) is 4.49. The molecule has 5 nitrogen and oxygen atoms in total. The van der Waals surface area contributed by atoms with Gasteiger partial charge in [0.1, 0.15) is 10.6 Å². The van der Waals surface area contributed by atoms with Crippen LogP contribution in [0, 0.1) is 0 Å². The first-order chi connectivity index (χ1) is 7.00. The molecule has 0 saturated carbocycles. The Morgan fingerprint density at radius 1 is 0.938 bits per heavy atom. The third kappa shape index (κ3) is 1.99. The normalized spacial score (nSPS) is 11.1. The summed E-state index contributed by atoms with van der Waals surface area (Å²) in [6, 6.07) is 8.84. The predicted octanol–water partition coefficient (Wildman–Crippen LogP) is 1.95. The van der Waals surface area contributed by atoms with Gasteiger partial charge in [0.05, 0.1) is 0 Å². The summed E-state index contributed by atoms with van der Waals surface area (Å²) in [5.74, 6) is -0.0157. The maximum Gasteiger partial charge on any atom is 0.295 e. The molecule has 0 aliphatic heterocycles. The number of hydrogen-bond donors (Lipinski definition) is 3. The first-order valence-electron chi connectivity index (χ1n) is 4.18. The summed E-state index contributed by atoms with van der Waals surface area (Å²) in [7, 11) is -4.26. The lowest BCUT2D eigenvalue weighted by Crippen LogP contribution is -1.98. The van der Waals surface area contributed by atoms with Crippen LogP contribution in [0.1, 0.15) is 0 Å². The van der Waals surface area contributed by atoms with Crippen molar-refractivity contribution in [2.24, 2.45) is 0 Å². The molecule has 0 atom stereocenters. The molecule has 2 aromatic rings. The summed E-state index contributed by atoms with van der Waals surface area (Å²) >= 11 is 0. The van der Waals surface area contributed by atoms with Crippen LogP contribution in [-0.2, 0) is 10.1 Å². The minimum Gasteiger partial charge on any atom is -0.507 e. The first kappa shape index (κ1) is 12.4. The fourth-order valence-electron chi connectivity index (χ4n) is 1.48. The molecule has 5 N–H and O–H groups in total. The van der Waals surface area contributed by atoms with Crippen molar-refractivity contribution in [2.75, 3.05) is 0 Å². The number of phenols is 1. The van der Waals surface area contributed by atoms with Crippen LogP contribution in [0.2, 0.25) is 0 Å². The van der Waals surface area contributed by atoms with E-state index in [4.69, 9.17) is 4.55 Å². The highest BCUT2D eigenvalue weighted by atomic mass is 32.2. The van der Waals surface area contributed by atoms with Gasteiger partial charge >= 0.3 is 0 Å². The topological polar surface area (TPSA) is 110 Å². The van der Waals surface area contributed by atoms with Crippen molar-refractivity contribution in [2.45, 2.75) is 4.90 Å². The molecule has 0 aliphatic rings. The Labute approximate surface area is 92.7 Å². The second-order valence-electron chi connectivity index (χ2n) is 3.10. The van der Waals surface area contributed by atoms with Crippen molar-refractivity contribution >= 4 is 20.9 Å². The van der Waals surface area contributed by atoms with E-state index in [9.17, 15) is 13.5 Å². The van der Waals surface area contributed by atoms with Gasteiger partial charge in [-0.2, -0.15) is 8.42 Å². The Morgan fingerprint density at radius 3 is 2.06 bits per heavy atom. The lowest BCUT2D eigenvalue weighted by atomic mass is 10.1. The van der Waals surface area contributed by atoms with E-state index in [1.54, 1.807) is 18.2 Å². The number of phenolic OH excluding ortho intramolecular Hbond substituents is 1. The molecule has 16 heavy (non-hydrogen) atoms. The van der Waals surface area contributed by atoms with Crippen LogP contribution in [0.25, 0.3) is 10.8 Å². The van der Waals surface area contributed by atoms with Crippen LogP contribution in [0.4, 0.5) is 0 Å². The molecule has 0 amide bonds. The van der Waals surface area contributed by atoms with Crippen LogP contribution in [0.5, 0.6) is 5.75 Å². The number of aromatic hydroxyl groups is 1. The molecule has 2 rings (SSSR count). The zero-order valence-electron chi connectivity index (χ0n) is 8.29. The number of rotatable bonds is 1. The summed E-state index contributed by atoms with van der Waals surface area (Å²) in [5, 5.41) is 10.2. The average Bonchev–Trinajstić information content (AvgIpc) is 2.17.